The van der Waals surface area contributed by atoms with Crippen LogP contribution >= 0.6 is 0 Å². The molecule has 2 unspecified atom stereocenters. The molecule has 0 aliphatic carbocycles. The zero-order valence-corrected chi connectivity index (χ0v) is 61.9. The minimum absolute atomic E-state index is 0.0254. The standard InChI is InChI=1S/C85H163NO5/c1-3-5-7-9-11-13-15-17-19-21-47-51-55-59-63-67-71-75-79-85(90)91-80-76-72-68-64-60-56-52-48-44-42-40-38-36-34-32-30-28-26-24-22-23-25-27-29-31-33-35-37-39-41-43-46-50-54-58-62-66-70-74-78-84(89)86-82(81-87)83(88)77-73-69-65-61-57-53-49-45-20-18-16-14-12-10-8-6-4-2/h22-23,26,28,73,77,82-83,87-88H,3-21,24-25,27,29-72,74-76,78-81H2,1-2H3,(H,86,89)/b23-22-,28-26-,77-73+. The van der Waals surface area contributed by atoms with Gasteiger partial charge in [-0.25, -0.2) is 0 Å². The molecule has 0 aromatic carbocycles. The van der Waals surface area contributed by atoms with Crippen molar-refractivity contribution in [1.82, 2.24) is 5.32 Å². The molecule has 538 valence electrons. The summed E-state index contributed by atoms with van der Waals surface area (Å²) >= 11 is 0. The Morgan fingerprint density at radius 1 is 0.308 bits per heavy atom. The van der Waals surface area contributed by atoms with Gasteiger partial charge in [0.2, 0.25) is 5.91 Å². The van der Waals surface area contributed by atoms with Crippen LogP contribution in [-0.2, 0) is 14.3 Å². The first-order valence-electron chi connectivity index (χ1n) is 41.8. The number of carbonyl (C=O) groups excluding carboxylic acids is 2. The molecule has 3 N–H and O–H groups in total. The summed E-state index contributed by atoms with van der Waals surface area (Å²) in [6.07, 6.45) is 106. The van der Waals surface area contributed by atoms with Crippen LogP contribution in [0.4, 0.5) is 0 Å². The fourth-order valence-corrected chi connectivity index (χ4v) is 13.3. The van der Waals surface area contributed by atoms with E-state index in [0.717, 1.165) is 44.9 Å². The van der Waals surface area contributed by atoms with E-state index in [2.05, 4.69) is 43.5 Å². The predicted octanol–water partition coefficient (Wildman–Crippen LogP) is 27.8. The van der Waals surface area contributed by atoms with Gasteiger partial charge in [-0.15, -0.1) is 0 Å². The summed E-state index contributed by atoms with van der Waals surface area (Å²) in [5.41, 5.74) is 0. The highest BCUT2D eigenvalue weighted by Gasteiger charge is 2.18. The first-order valence-corrected chi connectivity index (χ1v) is 41.8. The van der Waals surface area contributed by atoms with Crippen molar-refractivity contribution in [2.75, 3.05) is 13.2 Å². The van der Waals surface area contributed by atoms with E-state index in [1.54, 1.807) is 6.08 Å². The molecule has 0 heterocycles. The second-order valence-electron chi connectivity index (χ2n) is 28.8. The van der Waals surface area contributed by atoms with Gasteiger partial charge in [-0.2, -0.15) is 0 Å². The van der Waals surface area contributed by atoms with E-state index >= 15 is 0 Å². The maximum Gasteiger partial charge on any atom is 0.305 e. The lowest BCUT2D eigenvalue weighted by Crippen LogP contribution is -2.45. The van der Waals surface area contributed by atoms with Crippen molar-refractivity contribution < 1.29 is 24.5 Å². The van der Waals surface area contributed by atoms with E-state index < -0.39 is 12.1 Å². The number of ether oxygens (including phenoxy) is 1. The van der Waals surface area contributed by atoms with Gasteiger partial charge in [0, 0.05) is 12.8 Å². The minimum Gasteiger partial charge on any atom is -0.466 e. The van der Waals surface area contributed by atoms with Crippen LogP contribution in [0.5, 0.6) is 0 Å². The minimum atomic E-state index is -0.843. The Bertz CT molecular complexity index is 1470. The predicted molar refractivity (Wildman–Crippen MR) is 403 cm³/mol. The molecule has 0 aliphatic heterocycles. The fraction of sp³-hybridized carbons (Fsp3) is 0.906. The average Bonchev–Trinajstić information content (AvgIpc) is 3.64. The molecule has 91 heavy (non-hydrogen) atoms. The van der Waals surface area contributed by atoms with Crippen molar-refractivity contribution in [3.8, 4) is 0 Å². The summed E-state index contributed by atoms with van der Waals surface area (Å²) < 4.78 is 5.52. The van der Waals surface area contributed by atoms with Crippen LogP contribution in [0.25, 0.3) is 0 Å². The number of amides is 1. The van der Waals surface area contributed by atoms with Gasteiger partial charge in [0.25, 0.3) is 0 Å². The lowest BCUT2D eigenvalue weighted by molar-refractivity contribution is -0.143. The molecule has 2 atom stereocenters. The summed E-state index contributed by atoms with van der Waals surface area (Å²) in [6, 6.07) is -0.626. The first-order chi connectivity index (χ1) is 45.0. The summed E-state index contributed by atoms with van der Waals surface area (Å²) in [7, 11) is 0. The molecule has 0 aromatic heterocycles. The number of aliphatic hydroxyl groups excluding tert-OH is 2. The molecule has 0 rings (SSSR count). The third-order valence-corrected chi connectivity index (χ3v) is 19.7. The largest absolute Gasteiger partial charge is 0.466 e. The van der Waals surface area contributed by atoms with Gasteiger partial charge in [0.15, 0.2) is 0 Å². The van der Waals surface area contributed by atoms with E-state index in [1.165, 1.54) is 398 Å². The first kappa shape index (κ1) is 89.1. The molecule has 6 nitrogen and oxygen atoms in total. The van der Waals surface area contributed by atoms with Gasteiger partial charge < -0.3 is 20.3 Å². The van der Waals surface area contributed by atoms with Crippen LogP contribution in [0.3, 0.4) is 0 Å². The Labute approximate surface area is 570 Å². The molecule has 0 fully saturated rings. The monoisotopic (exact) mass is 1280 g/mol. The Morgan fingerprint density at radius 2 is 0.549 bits per heavy atom. The van der Waals surface area contributed by atoms with Crippen molar-refractivity contribution in [2.45, 2.75) is 482 Å². The smallest absolute Gasteiger partial charge is 0.305 e. The fourth-order valence-electron chi connectivity index (χ4n) is 13.3. The maximum absolute atomic E-state index is 12.5. The topological polar surface area (TPSA) is 95.9 Å². The van der Waals surface area contributed by atoms with Crippen molar-refractivity contribution in [1.29, 1.82) is 0 Å². The molecule has 1 amide bonds. The Morgan fingerprint density at radius 3 is 0.835 bits per heavy atom. The highest BCUT2D eigenvalue weighted by atomic mass is 16.5. The summed E-state index contributed by atoms with van der Waals surface area (Å²) in [6.45, 7) is 4.96. The Kier molecular flexibility index (Phi) is 78.8. The molecule has 0 saturated heterocycles. The maximum atomic E-state index is 12.5. The van der Waals surface area contributed by atoms with Crippen LogP contribution in [0.15, 0.2) is 36.5 Å². The molecular weight excluding hydrogens is 1110 g/mol. The third-order valence-electron chi connectivity index (χ3n) is 19.7. The third kappa shape index (κ3) is 77.0. The molecule has 6 heteroatoms. The van der Waals surface area contributed by atoms with Crippen molar-refractivity contribution in [3.63, 3.8) is 0 Å². The number of esters is 1. The lowest BCUT2D eigenvalue weighted by atomic mass is 10.0. The van der Waals surface area contributed by atoms with Gasteiger partial charge in [0.05, 0.1) is 25.4 Å². The second kappa shape index (κ2) is 80.5. The number of unbranched alkanes of at least 4 members (excludes halogenated alkanes) is 64. The molecule has 0 radical (unpaired) electrons. The number of allylic oxidation sites excluding steroid dienone is 5. The van der Waals surface area contributed by atoms with Crippen LogP contribution in [-0.4, -0.2) is 47.4 Å². The van der Waals surface area contributed by atoms with E-state index in [0.29, 0.717) is 19.4 Å². The van der Waals surface area contributed by atoms with Crippen LogP contribution in [0.2, 0.25) is 0 Å². The van der Waals surface area contributed by atoms with Crippen molar-refractivity contribution >= 4 is 11.9 Å². The van der Waals surface area contributed by atoms with Crippen molar-refractivity contribution in [3.05, 3.63) is 36.5 Å². The molecule has 0 bridgehead atoms. The highest BCUT2D eigenvalue weighted by molar-refractivity contribution is 5.76. The van der Waals surface area contributed by atoms with Crippen LogP contribution in [0.1, 0.15) is 470 Å². The number of rotatable bonds is 79. The number of nitrogens with one attached hydrogen (secondary N) is 1. The summed E-state index contributed by atoms with van der Waals surface area (Å²) in [5, 5.41) is 23.2. The van der Waals surface area contributed by atoms with Crippen LogP contribution < -0.4 is 5.32 Å². The number of hydrogen-bond donors (Lipinski definition) is 3. The van der Waals surface area contributed by atoms with Gasteiger partial charge in [-0.3, -0.25) is 9.59 Å². The lowest BCUT2D eigenvalue weighted by Gasteiger charge is -2.20. The summed E-state index contributed by atoms with van der Waals surface area (Å²) in [4.78, 5) is 24.6. The average molecular weight is 1280 g/mol. The van der Waals surface area contributed by atoms with E-state index in [4.69, 9.17) is 4.74 Å². The molecular formula is C85H163NO5. The van der Waals surface area contributed by atoms with Gasteiger partial charge in [-0.05, 0) is 64.2 Å². The van der Waals surface area contributed by atoms with E-state index in [-0.39, 0.29) is 18.5 Å². The van der Waals surface area contributed by atoms with Crippen LogP contribution in [0, 0.1) is 0 Å². The number of aliphatic hydroxyl groups is 2. The highest BCUT2D eigenvalue weighted by Crippen LogP contribution is 2.20. The van der Waals surface area contributed by atoms with Gasteiger partial charge in [-0.1, -0.05) is 429 Å². The zero-order chi connectivity index (χ0) is 65.6. The molecule has 0 aliphatic rings. The SMILES string of the molecule is CCCCCCCCCCCCCCCCC/C=C/C(O)C(CO)NC(=O)CCCCCCCCCCCCCCCCCCC/C=C\C/C=C\CCCCCCCCCCCCCCCCCOC(=O)CCCCCCCCCCCCCCCCCCCC. The van der Waals surface area contributed by atoms with E-state index in [1.807, 2.05) is 6.08 Å². The number of hydrogen-bond acceptors (Lipinski definition) is 5. The Hall–Kier alpha value is -1.92. The van der Waals surface area contributed by atoms with Gasteiger partial charge >= 0.3 is 5.97 Å². The zero-order valence-electron chi connectivity index (χ0n) is 61.9. The number of carbonyl (C=O) groups is 2. The Balaban J connectivity index is 3.35. The van der Waals surface area contributed by atoms with Gasteiger partial charge in [0.1, 0.15) is 0 Å². The second-order valence-corrected chi connectivity index (χ2v) is 28.8. The summed E-state index contributed by atoms with van der Waals surface area (Å²) in [5.74, 6) is -0.0358. The molecule has 0 saturated carbocycles. The normalized spacial score (nSPS) is 12.6. The molecule has 0 aromatic rings. The van der Waals surface area contributed by atoms with E-state index in [9.17, 15) is 19.8 Å². The van der Waals surface area contributed by atoms with Crippen molar-refractivity contribution in [2.24, 2.45) is 0 Å². The quantitative estimate of drug-likeness (QED) is 0.0320. The molecule has 0 spiro atoms.